The van der Waals surface area contributed by atoms with Crippen molar-refractivity contribution in [1.82, 2.24) is 34.7 Å². The van der Waals surface area contributed by atoms with E-state index in [4.69, 9.17) is 0 Å². The Morgan fingerprint density at radius 2 is 1.79 bits per heavy atom. The molecule has 194 valence electrons. The maximum Gasteiger partial charge on any atom is 0.333 e. The summed E-state index contributed by atoms with van der Waals surface area (Å²) < 4.78 is 18.3. The fourth-order valence-electron chi connectivity index (χ4n) is 4.71. The molecule has 1 N–H and O–H groups in total. The summed E-state index contributed by atoms with van der Waals surface area (Å²) in [7, 11) is 0. The van der Waals surface area contributed by atoms with Gasteiger partial charge in [-0.15, -0.1) is 10.2 Å². The maximum atomic E-state index is 15.1. The molecule has 0 bridgehead atoms. The average molecular weight is 512 g/mol. The first kappa shape index (κ1) is 25.3. The van der Waals surface area contributed by atoms with Crippen molar-refractivity contribution < 1.29 is 4.39 Å². The second-order valence-electron chi connectivity index (χ2n) is 10.3. The number of halogens is 1. The first-order chi connectivity index (χ1) is 18.3. The molecule has 9 heteroatoms. The molecular formula is C29H30FN7O. The number of aryl methyl sites for hydroxylation is 1. The number of nitrogens with zero attached hydrogens (tertiary/aromatic N) is 6. The number of tetrazole rings is 1. The SMILES string of the molecule is CCCc1cn(-c2c(F)cccc2C(C)(C)C)c(=O)n1Cc1ccc(-c2ccccc2-c2nn[nH]n2)nc1. The van der Waals surface area contributed by atoms with Gasteiger partial charge in [-0.25, -0.2) is 9.18 Å². The highest BCUT2D eigenvalue weighted by Crippen LogP contribution is 2.31. The molecule has 0 saturated heterocycles. The van der Waals surface area contributed by atoms with Crippen molar-refractivity contribution in [3.8, 4) is 28.3 Å². The molecule has 0 unspecified atom stereocenters. The normalized spacial score (nSPS) is 11.7. The summed E-state index contributed by atoms with van der Waals surface area (Å²) in [5.41, 5.74) is 4.67. The van der Waals surface area contributed by atoms with E-state index in [-0.39, 0.29) is 11.1 Å². The van der Waals surface area contributed by atoms with E-state index in [1.54, 1.807) is 23.0 Å². The minimum atomic E-state index is -0.411. The van der Waals surface area contributed by atoms with Gasteiger partial charge in [0.1, 0.15) is 5.82 Å². The van der Waals surface area contributed by atoms with Gasteiger partial charge in [0, 0.05) is 29.2 Å². The summed E-state index contributed by atoms with van der Waals surface area (Å²) in [5.74, 6) is 0.0809. The number of nitrogens with one attached hydrogen (secondary N) is 1. The average Bonchev–Trinajstić information content (AvgIpc) is 3.54. The highest BCUT2D eigenvalue weighted by molar-refractivity contribution is 5.78. The van der Waals surface area contributed by atoms with Crippen LogP contribution in [0, 0.1) is 5.82 Å². The predicted molar refractivity (Wildman–Crippen MR) is 145 cm³/mol. The molecule has 5 rings (SSSR count). The zero-order valence-corrected chi connectivity index (χ0v) is 21.9. The minimum absolute atomic E-state index is 0.268. The van der Waals surface area contributed by atoms with Gasteiger partial charge in [0.05, 0.1) is 17.9 Å². The summed E-state index contributed by atoms with van der Waals surface area (Å²) in [6.07, 6.45) is 5.11. The number of pyridine rings is 1. The predicted octanol–water partition coefficient (Wildman–Crippen LogP) is 5.32. The van der Waals surface area contributed by atoms with E-state index in [9.17, 15) is 4.79 Å². The van der Waals surface area contributed by atoms with E-state index in [1.807, 2.05) is 63.2 Å². The van der Waals surface area contributed by atoms with Crippen molar-refractivity contribution in [1.29, 1.82) is 0 Å². The third-order valence-corrected chi connectivity index (χ3v) is 6.56. The van der Waals surface area contributed by atoms with E-state index in [0.29, 0.717) is 24.5 Å². The van der Waals surface area contributed by atoms with E-state index >= 15 is 4.39 Å². The van der Waals surface area contributed by atoms with Gasteiger partial charge in [-0.1, -0.05) is 76.6 Å². The van der Waals surface area contributed by atoms with Crippen molar-refractivity contribution in [3.63, 3.8) is 0 Å². The molecule has 0 aliphatic heterocycles. The summed E-state index contributed by atoms with van der Waals surface area (Å²) >= 11 is 0. The lowest BCUT2D eigenvalue weighted by Crippen LogP contribution is -2.27. The molecule has 0 atom stereocenters. The van der Waals surface area contributed by atoms with Gasteiger partial charge in [-0.05, 0) is 40.3 Å². The van der Waals surface area contributed by atoms with Crippen LogP contribution in [0.25, 0.3) is 28.3 Å². The van der Waals surface area contributed by atoms with Crippen LogP contribution >= 0.6 is 0 Å². The number of hydrogen-bond donors (Lipinski definition) is 1. The van der Waals surface area contributed by atoms with E-state index < -0.39 is 5.82 Å². The third-order valence-electron chi connectivity index (χ3n) is 6.56. The van der Waals surface area contributed by atoms with Crippen LogP contribution in [0.15, 0.2) is 71.8 Å². The minimum Gasteiger partial charge on any atom is -0.292 e. The molecular weight excluding hydrogens is 481 g/mol. The number of imidazole rings is 1. The first-order valence-corrected chi connectivity index (χ1v) is 12.7. The zero-order chi connectivity index (χ0) is 26.9. The van der Waals surface area contributed by atoms with Gasteiger partial charge >= 0.3 is 5.69 Å². The first-order valence-electron chi connectivity index (χ1n) is 12.7. The van der Waals surface area contributed by atoms with Crippen LogP contribution in [0.2, 0.25) is 0 Å². The van der Waals surface area contributed by atoms with Crippen LogP contribution in [0.1, 0.15) is 50.9 Å². The van der Waals surface area contributed by atoms with Crippen molar-refractivity contribution in [2.75, 3.05) is 0 Å². The van der Waals surface area contributed by atoms with E-state index in [2.05, 4.69) is 32.5 Å². The van der Waals surface area contributed by atoms with Crippen molar-refractivity contribution in [2.45, 2.75) is 52.5 Å². The van der Waals surface area contributed by atoms with Gasteiger partial charge in [-0.2, -0.15) is 5.21 Å². The topological polar surface area (TPSA) is 94.3 Å². The van der Waals surface area contributed by atoms with Gasteiger partial charge in [0.15, 0.2) is 0 Å². The molecule has 0 aliphatic rings. The number of rotatable bonds is 7. The fourth-order valence-corrected chi connectivity index (χ4v) is 4.71. The summed E-state index contributed by atoms with van der Waals surface area (Å²) in [6.45, 7) is 8.45. The van der Waals surface area contributed by atoms with Gasteiger partial charge in [-0.3, -0.25) is 14.1 Å². The lowest BCUT2D eigenvalue weighted by Gasteiger charge is -2.23. The second kappa shape index (κ2) is 10.2. The molecule has 0 amide bonds. The molecule has 2 aromatic carbocycles. The molecule has 8 nitrogen and oxygen atoms in total. The van der Waals surface area contributed by atoms with Crippen LogP contribution in [-0.2, 0) is 18.4 Å². The number of benzene rings is 2. The Morgan fingerprint density at radius 3 is 2.45 bits per heavy atom. The van der Waals surface area contributed by atoms with E-state index in [0.717, 1.165) is 40.1 Å². The number of aromatic amines is 1. The number of aromatic nitrogens is 7. The molecule has 0 aliphatic carbocycles. The van der Waals surface area contributed by atoms with Gasteiger partial charge in [0.25, 0.3) is 0 Å². The van der Waals surface area contributed by atoms with Gasteiger partial charge in [0.2, 0.25) is 5.82 Å². The molecule has 0 radical (unpaired) electrons. The largest absolute Gasteiger partial charge is 0.333 e. The second-order valence-corrected chi connectivity index (χ2v) is 10.3. The Morgan fingerprint density at radius 1 is 1.00 bits per heavy atom. The summed E-state index contributed by atoms with van der Waals surface area (Å²) in [6, 6.07) is 16.6. The number of H-pyrrole nitrogens is 1. The lowest BCUT2D eigenvalue weighted by molar-refractivity contribution is 0.560. The van der Waals surface area contributed by atoms with Crippen molar-refractivity contribution in [3.05, 3.63) is 100 Å². The molecule has 0 fully saturated rings. The highest BCUT2D eigenvalue weighted by Gasteiger charge is 2.24. The van der Waals surface area contributed by atoms with Crippen molar-refractivity contribution in [2.24, 2.45) is 0 Å². The fraction of sp³-hybridized carbons (Fsp3) is 0.276. The maximum absolute atomic E-state index is 15.1. The highest BCUT2D eigenvalue weighted by atomic mass is 19.1. The Hall–Kier alpha value is -4.40. The van der Waals surface area contributed by atoms with Crippen LogP contribution in [0.5, 0.6) is 0 Å². The summed E-state index contributed by atoms with van der Waals surface area (Å²) in [5, 5.41) is 14.3. The Kier molecular flexibility index (Phi) is 6.75. The van der Waals surface area contributed by atoms with Crippen LogP contribution in [0.4, 0.5) is 4.39 Å². The lowest BCUT2D eigenvalue weighted by atomic mass is 9.85. The Balaban J connectivity index is 1.52. The molecule has 38 heavy (non-hydrogen) atoms. The van der Waals surface area contributed by atoms with Crippen LogP contribution in [-0.4, -0.2) is 34.7 Å². The van der Waals surface area contributed by atoms with Crippen LogP contribution in [0.3, 0.4) is 0 Å². The molecule has 0 spiro atoms. The van der Waals surface area contributed by atoms with Crippen LogP contribution < -0.4 is 5.69 Å². The Labute approximate surface area is 220 Å². The number of hydrogen-bond acceptors (Lipinski definition) is 5. The zero-order valence-electron chi connectivity index (χ0n) is 21.9. The van der Waals surface area contributed by atoms with E-state index in [1.165, 1.54) is 10.6 Å². The molecule has 3 heterocycles. The quantitative estimate of drug-likeness (QED) is 0.319. The monoisotopic (exact) mass is 511 g/mol. The Bertz CT molecular complexity index is 1610. The van der Waals surface area contributed by atoms with Gasteiger partial charge < -0.3 is 0 Å². The molecule has 5 aromatic rings. The standard InChI is InChI=1S/C29H30FN7O/c1-5-9-20-18-37(26-23(29(2,3)4)12-8-13-24(26)30)28(38)36(20)17-19-14-15-25(31-16-19)21-10-6-7-11-22(21)27-32-34-35-33-27/h6-8,10-16,18H,5,9,17H2,1-4H3,(H,32,33,34,35). The number of para-hydroxylation sites is 1. The summed E-state index contributed by atoms with van der Waals surface area (Å²) in [4.78, 5) is 18.4. The van der Waals surface area contributed by atoms with Crippen molar-refractivity contribution >= 4 is 0 Å². The smallest absolute Gasteiger partial charge is 0.292 e. The third kappa shape index (κ3) is 4.79. The molecule has 0 saturated carbocycles. The molecule has 3 aromatic heterocycles.